The second kappa shape index (κ2) is 9.22. The number of carbonyl (C=O) groups is 1. The van der Waals surface area contributed by atoms with Crippen molar-refractivity contribution in [2.45, 2.75) is 19.4 Å². The molecule has 0 bridgehead atoms. The van der Waals surface area contributed by atoms with Crippen molar-refractivity contribution in [2.24, 2.45) is 5.92 Å². The summed E-state index contributed by atoms with van der Waals surface area (Å²) in [5.74, 6) is 0.999. The standard InChI is InChI=1S/C23H23BrN6O2/c24-18-5-4-16-12-30(8-6-15(16)10-18)23-26-14-25-22(29-23)28-20-3-1-2-19(11-20)27-21(31)17-7-9-32-13-17/h1-5,10-11,14,17H,6-9,12-13H2,(H,27,31)(H,25,26,28,29)/t17-/m0/s1. The van der Waals surface area contributed by atoms with Crippen LogP contribution in [0.1, 0.15) is 17.5 Å². The van der Waals surface area contributed by atoms with Gasteiger partial charge in [-0.05, 0) is 54.3 Å². The van der Waals surface area contributed by atoms with Crippen molar-refractivity contribution in [2.75, 3.05) is 35.3 Å². The van der Waals surface area contributed by atoms with Gasteiger partial charge in [0.05, 0.1) is 12.5 Å². The Morgan fingerprint density at radius 2 is 2.03 bits per heavy atom. The van der Waals surface area contributed by atoms with Crippen LogP contribution in [0.2, 0.25) is 0 Å². The lowest BCUT2D eigenvalue weighted by atomic mass is 10.0. The molecular weight excluding hydrogens is 472 g/mol. The number of ether oxygens (including phenoxy) is 1. The van der Waals surface area contributed by atoms with E-state index in [-0.39, 0.29) is 11.8 Å². The first kappa shape index (κ1) is 20.8. The van der Waals surface area contributed by atoms with E-state index in [0.717, 1.165) is 41.8 Å². The Bertz CT molecular complexity index is 1130. The van der Waals surface area contributed by atoms with Gasteiger partial charge in [-0.15, -0.1) is 0 Å². The van der Waals surface area contributed by atoms with E-state index in [1.807, 2.05) is 24.3 Å². The molecule has 0 radical (unpaired) electrons. The Hall–Kier alpha value is -3.04. The molecule has 2 aliphatic heterocycles. The maximum absolute atomic E-state index is 12.4. The van der Waals surface area contributed by atoms with Crippen molar-refractivity contribution in [1.82, 2.24) is 15.0 Å². The van der Waals surface area contributed by atoms with Crippen LogP contribution in [-0.4, -0.2) is 40.6 Å². The molecule has 5 rings (SSSR count). The highest BCUT2D eigenvalue weighted by Gasteiger charge is 2.23. The molecule has 164 valence electrons. The third-order valence-electron chi connectivity index (χ3n) is 5.71. The zero-order valence-electron chi connectivity index (χ0n) is 17.4. The zero-order valence-corrected chi connectivity index (χ0v) is 19.0. The van der Waals surface area contributed by atoms with Gasteiger partial charge < -0.3 is 20.3 Å². The van der Waals surface area contributed by atoms with E-state index >= 15 is 0 Å². The van der Waals surface area contributed by atoms with Crippen LogP contribution in [0.25, 0.3) is 0 Å². The number of fused-ring (bicyclic) bond motifs is 1. The van der Waals surface area contributed by atoms with E-state index in [9.17, 15) is 4.79 Å². The summed E-state index contributed by atoms with van der Waals surface area (Å²) in [5, 5.41) is 6.18. The predicted molar refractivity (Wildman–Crippen MR) is 126 cm³/mol. The number of hydrogen-bond acceptors (Lipinski definition) is 7. The topological polar surface area (TPSA) is 92.3 Å². The SMILES string of the molecule is O=C(Nc1cccc(Nc2ncnc(N3CCc4cc(Br)ccc4C3)n2)c1)[C@H]1CCOC1. The molecule has 2 aromatic carbocycles. The number of aromatic nitrogens is 3. The van der Waals surface area contributed by atoms with Gasteiger partial charge in [-0.3, -0.25) is 4.79 Å². The van der Waals surface area contributed by atoms with Gasteiger partial charge in [-0.25, -0.2) is 9.97 Å². The summed E-state index contributed by atoms with van der Waals surface area (Å²) >= 11 is 3.54. The van der Waals surface area contributed by atoms with Crippen LogP contribution in [0, 0.1) is 5.92 Å². The Morgan fingerprint density at radius 1 is 1.12 bits per heavy atom. The summed E-state index contributed by atoms with van der Waals surface area (Å²) in [6.45, 7) is 2.73. The molecule has 2 N–H and O–H groups in total. The lowest BCUT2D eigenvalue weighted by Gasteiger charge is -2.29. The smallest absolute Gasteiger partial charge is 0.232 e. The van der Waals surface area contributed by atoms with Crippen molar-refractivity contribution in [3.8, 4) is 0 Å². The number of rotatable bonds is 5. The highest BCUT2D eigenvalue weighted by atomic mass is 79.9. The number of halogens is 1. The fraction of sp³-hybridized carbons (Fsp3) is 0.304. The van der Waals surface area contributed by atoms with Crippen LogP contribution >= 0.6 is 15.9 Å². The summed E-state index contributed by atoms with van der Waals surface area (Å²) < 4.78 is 6.41. The summed E-state index contributed by atoms with van der Waals surface area (Å²) in [5.41, 5.74) is 4.15. The third-order valence-corrected chi connectivity index (χ3v) is 6.20. The average molecular weight is 495 g/mol. The minimum atomic E-state index is -0.0894. The van der Waals surface area contributed by atoms with Gasteiger partial charge in [0, 0.05) is 35.5 Å². The number of carbonyl (C=O) groups excluding carboxylic acids is 1. The minimum Gasteiger partial charge on any atom is -0.381 e. The van der Waals surface area contributed by atoms with Gasteiger partial charge in [0.2, 0.25) is 17.8 Å². The summed E-state index contributed by atoms with van der Waals surface area (Å²) in [6, 6.07) is 13.9. The van der Waals surface area contributed by atoms with Crippen molar-refractivity contribution in [1.29, 1.82) is 0 Å². The van der Waals surface area contributed by atoms with Gasteiger partial charge in [-0.1, -0.05) is 28.1 Å². The lowest BCUT2D eigenvalue weighted by Crippen LogP contribution is -2.32. The first-order valence-electron chi connectivity index (χ1n) is 10.6. The molecular formula is C23H23BrN6O2. The number of hydrogen-bond donors (Lipinski definition) is 2. The molecule has 9 heteroatoms. The summed E-state index contributed by atoms with van der Waals surface area (Å²) in [4.78, 5) is 27.8. The molecule has 3 aromatic rings. The van der Waals surface area contributed by atoms with Gasteiger partial charge >= 0.3 is 0 Å². The fourth-order valence-electron chi connectivity index (χ4n) is 3.98. The zero-order chi connectivity index (χ0) is 21.9. The largest absolute Gasteiger partial charge is 0.381 e. The molecule has 1 fully saturated rings. The predicted octanol–water partition coefficient (Wildman–Crippen LogP) is 3.92. The number of amides is 1. The Balaban J connectivity index is 1.27. The van der Waals surface area contributed by atoms with Crippen molar-refractivity contribution in [3.63, 3.8) is 0 Å². The molecule has 0 unspecified atom stereocenters. The Labute approximate surface area is 194 Å². The first-order valence-corrected chi connectivity index (χ1v) is 11.4. The van der Waals surface area contributed by atoms with Crippen LogP contribution in [0.5, 0.6) is 0 Å². The Morgan fingerprint density at radius 3 is 2.91 bits per heavy atom. The molecule has 1 aromatic heterocycles. The number of nitrogens with one attached hydrogen (secondary N) is 2. The maximum Gasteiger partial charge on any atom is 0.232 e. The van der Waals surface area contributed by atoms with Gasteiger partial charge in [-0.2, -0.15) is 4.98 Å². The van der Waals surface area contributed by atoms with Gasteiger partial charge in [0.25, 0.3) is 0 Å². The van der Waals surface area contributed by atoms with Crippen molar-refractivity contribution < 1.29 is 9.53 Å². The highest BCUT2D eigenvalue weighted by molar-refractivity contribution is 9.10. The van der Waals surface area contributed by atoms with E-state index in [1.54, 1.807) is 0 Å². The van der Waals surface area contributed by atoms with E-state index in [0.29, 0.717) is 25.1 Å². The van der Waals surface area contributed by atoms with Gasteiger partial charge in [0.1, 0.15) is 6.33 Å². The molecule has 2 aliphatic rings. The fourth-order valence-corrected chi connectivity index (χ4v) is 4.39. The molecule has 1 atom stereocenters. The van der Waals surface area contributed by atoms with Crippen LogP contribution in [0.4, 0.5) is 23.3 Å². The normalized spacial score (nSPS) is 17.7. The minimum absolute atomic E-state index is 0.0143. The molecule has 3 heterocycles. The quantitative estimate of drug-likeness (QED) is 0.555. The van der Waals surface area contributed by atoms with E-state index in [1.165, 1.54) is 17.5 Å². The molecule has 8 nitrogen and oxygen atoms in total. The first-order chi connectivity index (χ1) is 15.6. The molecule has 0 saturated carbocycles. The van der Waals surface area contributed by atoms with Crippen LogP contribution in [0.15, 0.2) is 53.3 Å². The highest BCUT2D eigenvalue weighted by Crippen LogP contribution is 2.26. The Kier molecular flexibility index (Phi) is 6.00. The van der Waals surface area contributed by atoms with E-state index in [2.05, 4.69) is 64.6 Å². The van der Waals surface area contributed by atoms with E-state index in [4.69, 9.17) is 4.74 Å². The lowest BCUT2D eigenvalue weighted by molar-refractivity contribution is -0.119. The van der Waals surface area contributed by atoms with Gasteiger partial charge in [0.15, 0.2) is 0 Å². The molecule has 1 saturated heterocycles. The van der Waals surface area contributed by atoms with Crippen LogP contribution < -0.4 is 15.5 Å². The van der Waals surface area contributed by atoms with E-state index < -0.39 is 0 Å². The van der Waals surface area contributed by atoms with Crippen LogP contribution in [0.3, 0.4) is 0 Å². The summed E-state index contributed by atoms with van der Waals surface area (Å²) in [7, 11) is 0. The summed E-state index contributed by atoms with van der Waals surface area (Å²) in [6.07, 6.45) is 3.22. The van der Waals surface area contributed by atoms with Crippen LogP contribution in [-0.2, 0) is 22.5 Å². The number of anilines is 4. The van der Waals surface area contributed by atoms with Crippen molar-refractivity contribution >= 4 is 45.1 Å². The average Bonchev–Trinajstić information content (AvgIpc) is 3.34. The molecule has 0 spiro atoms. The number of benzene rings is 2. The van der Waals surface area contributed by atoms with Crippen molar-refractivity contribution in [3.05, 3.63) is 64.4 Å². The number of nitrogens with zero attached hydrogens (tertiary/aromatic N) is 4. The maximum atomic E-state index is 12.4. The molecule has 32 heavy (non-hydrogen) atoms. The molecule has 0 aliphatic carbocycles. The third kappa shape index (κ3) is 4.73. The second-order valence-electron chi connectivity index (χ2n) is 7.95. The second-order valence-corrected chi connectivity index (χ2v) is 8.86. The monoisotopic (exact) mass is 494 g/mol. The molecule has 1 amide bonds.